The topological polar surface area (TPSA) is 83.6 Å². The second-order valence-electron chi connectivity index (χ2n) is 5.12. The van der Waals surface area contributed by atoms with E-state index >= 15 is 0 Å². The Morgan fingerprint density at radius 3 is 2.67 bits per heavy atom. The largest absolute Gasteiger partial charge is 0.369 e. The van der Waals surface area contributed by atoms with E-state index in [9.17, 15) is 18.0 Å². The van der Waals surface area contributed by atoms with Crippen LogP contribution in [0.2, 0.25) is 5.02 Å². The van der Waals surface area contributed by atoms with E-state index < -0.39 is 21.5 Å². The van der Waals surface area contributed by atoms with Gasteiger partial charge in [0.15, 0.2) is 9.84 Å². The molecule has 2 heterocycles. The van der Waals surface area contributed by atoms with Crippen LogP contribution in [0.4, 0.5) is 11.4 Å². The van der Waals surface area contributed by atoms with E-state index in [0.29, 0.717) is 35.9 Å². The molecule has 0 unspecified atom stereocenters. The first-order valence-electron chi connectivity index (χ1n) is 6.52. The average Bonchev–Trinajstić information content (AvgIpc) is 2.59. The van der Waals surface area contributed by atoms with Crippen molar-refractivity contribution in [2.45, 2.75) is 6.42 Å². The molecule has 0 aromatic heterocycles. The molecule has 3 rings (SSSR count). The molecule has 21 heavy (non-hydrogen) atoms. The van der Waals surface area contributed by atoms with Gasteiger partial charge in [0.05, 0.1) is 33.5 Å². The maximum Gasteiger partial charge on any atom is 0.296 e. The van der Waals surface area contributed by atoms with Crippen LogP contribution in [0.5, 0.6) is 0 Å². The molecular formula is C13H13ClN2O4S. The fourth-order valence-electron chi connectivity index (χ4n) is 2.58. The van der Waals surface area contributed by atoms with Crippen LogP contribution in [0, 0.1) is 0 Å². The minimum atomic E-state index is -3.01. The fourth-order valence-corrected chi connectivity index (χ4v) is 4.13. The van der Waals surface area contributed by atoms with Gasteiger partial charge in [-0.05, 0) is 18.6 Å². The summed E-state index contributed by atoms with van der Waals surface area (Å²) in [6.45, 7) is 0.919. The van der Waals surface area contributed by atoms with Gasteiger partial charge in [0.1, 0.15) is 0 Å². The van der Waals surface area contributed by atoms with E-state index in [1.165, 1.54) is 6.07 Å². The van der Waals surface area contributed by atoms with Crippen LogP contribution in [0.3, 0.4) is 0 Å². The molecule has 0 aliphatic carbocycles. The molecule has 1 aromatic carbocycles. The van der Waals surface area contributed by atoms with Gasteiger partial charge in [-0.3, -0.25) is 9.59 Å². The number of hydrogen-bond acceptors (Lipinski definition) is 5. The maximum absolute atomic E-state index is 11.6. The maximum atomic E-state index is 11.6. The molecule has 6 nitrogen and oxygen atoms in total. The van der Waals surface area contributed by atoms with Gasteiger partial charge in [0.2, 0.25) is 0 Å². The number of nitrogens with zero attached hydrogens (tertiary/aromatic N) is 1. The van der Waals surface area contributed by atoms with Crippen molar-refractivity contribution in [2.75, 3.05) is 34.8 Å². The lowest BCUT2D eigenvalue weighted by Crippen LogP contribution is -2.27. The number of sulfone groups is 1. The molecule has 1 aromatic rings. The fraction of sp³-hybridized carbons (Fsp3) is 0.385. The Labute approximate surface area is 127 Å². The molecule has 8 heteroatoms. The third-order valence-corrected chi connectivity index (χ3v) is 5.70. The minimum Gasteiger partial charge on any atom is -0.369 e. The predicted molar refractivity (Wildman–Crippen MR) is 79.9 cm³/mol. The molecular weight excluding hydrogens is 316 g/mol. The van der Waals surface area contributed by atoms with Crippen molar-refractivity contribution in [1.29, 1.82) is 0 Å². The highest BCUT2D eigenvalue weighted by molar-refractivity contribution is 7.91. The zero-order valence-corrected chi connectivity index (χ0v) is 12.6. The summed E-state index contributed by atoms with van der Waals surface area (Å²) in [6, 6.07) is 3.10. The van der Waals surface area contributed by atoms with E-state index in [4.69, 9.17) is 11.6 Å². The van der Waals surface area contributed by atoms with E-state index in [0.717, 1.165) is 0 Å². The van der Waals surface area contributed by atoms with Gasteiger partial charge in [0, 0.05) is 13.1 Å². The highest BCUT2D eigenvalue weighted by Crippen LogP contribution is 2.35. The summed E-state index contributed by atoms with van der Waals surface area (Å²) in [7, 11) is -3.01. The molecule has 2 aliphatic rings. The Morgan fingerprint density at radius 2 is 1.90 bits per heavy atom. The molecule has 1 amide bonds. The molecule has 1 N–H and O–H groups in total. The average molecular weight is 329 g/mol. The third kappa shape index (κ3) is 2.63. The Kier molecular flexibility index (Phi) is 3.41. The Morgan fingerprint density at radius 1 is 1.14 bits per heavy atom. The smallest absolute Gasteiger partial charge is 0.296 e. The quantitative estimate of drug-likeness (QED) is 0.780. The summed E-state index contributed by atoms with van der Waals surface area (Å²) in [5.41, 5.74) is 1.33. The molecule has 112 valence electrons. The number of nitrogens with one attached hydrogen (secondary N) is 1. The van der Waals surface area contributed by atoms with Crippen LogP contribution in [0.25, 0.3) is 0 Å². The normalized spacial score (nSPS) is 20.9. The lowest BCUT2D eigenvalue weighted by Gasteiger charge is -2.23. The molecule has 2 aliphatic heterocycles. The Balaban J connectivity index is 1.95. The van der Waals surface area contributed by atoms with Crippen LogP contribution in [-0.4, -0.2) is 44.7 Å². The zero-order chi connectivity index (χ0) is 15.2. The van der Waals surface area contributed by atoms with Crippen molar-refractivity contribution in [3.63, 3.8) is 0 Å². The van der Waals surface area contributed by atoms with Gasteiger partial charge in [-0.2, -0.15) is 0 Å². The number of fused-ring (bicyclic) bond motifs is 1. The van der Waals surface area contributed by atoms with Crippen molar-refractivity contribution < 1.29 is 18.0 Å². The van der Waals surface area contributed by atoms with E-state index in [2.05, 4.69) is 5.32 Å². The standard InChI is InChI=1S/C13H13ClN2O4S/c14-9-6-8-10(15-13(18)12(8)17)7-11(9)16-2-1-4-21(19,20)5-3-16/h6-7H,1-5H2,(H,15,17,18). The SMILES string of the molecule is O=C1Nc2cc(N3CCCS(=O)(=O)CC3)c(Cl)cc2C1=O. The summed E-state index contributed by atoms with van der Waals surface area (Å²) in [5, 5.41) is 2.84. The molecule has 0 bridgehead atoms. The summed E-state index contributed by atoms with van der Waals surface area (Å²) in [5.74, 6) is -1.03. The predicted octanol–water partition coefficient (Wildman–Crippen LogP) is 1.10. The van der Waals surface area contributed by atoms with Crippen molar-refractivity contribution in [1.82, 2.24) is 0 Å². The lowest BCUT2D eigenvalue weighted by molar-refractivity contribution is -0.112. The zero-order valence-electron chi connectivity index (χ0n) is 11.1. The van der Waals surface area contributed by atoms with E-state index in [-0.39, 0.29) is 17.1 Å². The Bertz CT molecular complexity index is 745. The van der Waals surface area contributed by atoms with Gasteiger partial charge in [-0.1, -0.05) is 11.6 Å². The van der Waals surface area contributed by atoms with Crippen molar-refractivity contribution in [3.05, 3.63) is 22.7 Å². The van der Waals surface area contributed by atoms with Gasteiger partial charge in [0.25, 0.3) is 11.7 Å². The first kappa shape index (κ1) is 14.3. The van der Waals surface area contributed by atoms with Crippen molar-refractivity contribution in [2.24, 2.45) is 0 Å². The summed E-state index contributed by atoms with van der Waals surface area (Å²) in [6.07, 6.45) is 0.529. The van der Waals surface area contributed by atoms with Crippen LogP contribution < -0.4 is 10.2 Å². The second kappa shape index (κ2) is 4.99. The summed E-state index contributed by atoms with van der Waals surface area (Å²) < 4.78 is 23.3. The number of hydrogen-bond donors (Lipinski definition) is 1. The Hall–Kier alpha value is -1.60. The van der Waals surface area contributed by atoms with E-state index in [1.807, 2.05) is 4.90 Å². The summed E-state index contributed by atoms with van der Waals surface area (Å²) in [4.78, 5) is 24.9. The second-order valence-corrected chi connectivity index (χ2v) is 7.84. The number of benzene rings is 1. The van der Waals surface area contributed by atoms with Crippen LogP contribution >= 0.6 is 11.6 Å². The van der Waals surface area contributed by atoms with Gasteiger partial charge in [-0.25, -0.2) is 8.42 Å². The monoisotopic (exact) mass is 328 g/mol. The van der Waals surface area contributed by atoms with Gasteiger partial charge in [-0.15, -0.1) is 0 Å². The number of anilines is 2. The lowest BCUT2D eigenvalue weighted by atomic mass is 10.1. The molecule has 0 spiro atoms. The van der Waals surface area contributed by atoms with Gasteiger partial charge >= 0.3 is 0 Å². The number of rotatable bonds is 1. The highest BCUT2D eigenvalue weighted by atomic mass is 35.5. The van der Waals surface area contributed by atoms with Crippen molar-refractivity contribution >= 4 is 44.5 Å². The first-order chi connectivity index (χ1) is 9.87. The molecule has 0 saturated carbocycles. The van der Waals surface area contributed by atoms with Crippen LogP contribution in [0.1, 0.15) is 16.8 Å². The van der Waals surface area contributed by atoms with Crippen molar-refractivity contribution in [3.8, 4) is 0 Å². The molecule has 1 saturated heterocycles. The number of Topliss-reactive ketones (excluding diaryl/α,β-unsaturated/α-hetero) is 1. The highest BCUT2D eigenvalue weighted by Gasteiger charge is 2.30. The molecule has 0 atom stereocenters. The van der Waals surface area contributed by atoms with Crippen LogP contribution in [-0.2, 0) is 14.6 Å². The first-order valence-corrected chi connectivity index (χ1v) is 8.72. The minimum absolute atomic E-state index is 0.0751. The number of amides is 1. The molecule has 0 radical (unpaired) electrons. The number of carbonyl (C=O) groups is 2. The number of carbonyl (C=O) groups excluding carboxylic acids is 2. The van der Waals surface area contributed by atoms with Crippen LogP contribution in [0.15, 0.2) is 12.1 Å². The number of ketones is 1. The summed E-state index contributed by atoms with van der Waals surface area (Å²) >= 11 is 6.20. The number of halogens is 1. The van der Waals surface area contributed by atoms with Gasteiger partial charge < -0.3 is 10.2 Å². The molecule has 1 fully saturated rings. The van der Waals surface area contributed by atoms with E-state index in [1.54, 1.807) is 6.07 Å². The third-order valence-electron chi connectivity index (χ3n) is 3.68.